The van der Waals surface area contributed by atoms with Gasteiger partial charge in [-0.2, -0.15) is 0 Å². The molecule has 0 saturated carbocycles. The highest BCUT2D eigenvalue weighted by atomic mass is 35.5. The zero-order chi connectivity index (χ0) is 19.9. The van der Waals surface area contributed by atoms with Gasteiger partial charge in [-0.25, -0.2) is 0 Å². The Hall–Kier alpha value is -2.44. The summed E-state index contributed by atoms with van der Waals surface area (Å²) in [5, 5.41) is 11.0. The molecule has 2 aliphatic heterocycles. The number of phenolic OH excluding ortho intramolecular Hbond substituents is 1. The van der Waals surface area contributed by atoms with Crippen molar-refractivity contribution in [3.8, 4) is 17.2 Å². The lowest BCUT2D eigenvalue weighted by atomic mass is 9.83. The maximum absolute atomic E-state index is 13.0. The Bertz CT molecular complexity index is 921. The first-order chi connectivity index (χ1) is 13.5. The summed E-state index contributed by atoms with van der Waals surface area (Å²) in [7, 11) is 2.98. The Balaban J connectivity index is 1.53. The first-order valence-electron chi connectivity index (χ1n) is 9.14. The molecule has 1 spiro atoms. The summed E-state index contributed by atoms with van der Waals surface area (Å²) in [6.07, 6.45) is 1.39. The van der Waals surface area contributed by atoms with E-state index in [4.69, 9.17) is 25.8 Å². The SMILES string of the molecule is COc1cc(O)c(C(=O)N2CCC3(CC2)OCc2cc(Cl)ccc23)cc1OC. The summed E-state index contributed by atoms with van der Waals surface area (Å²) in [4.78, 5) is 14.7. The van der Waals surface area contributed by atoms with Gasteiger partial charge in [0.05, 0.1) is 32.0 Å². The smallest absolute Gasteiger partial charge is 0.257 e. The molecular formula is C21H22ClNO5. The number of hydrogen-bond acceptors (Lipinski definition) is 5. The van der Waals surface area contributed by atoms with Gasteiger partial charge in [-0.3, -0.25) is 4.79 Å². The monoisotopic (exact) mass is 403 g/mol. The molecule has 2 aliphatic rings. The molecule has 0 bridgehead atoms. The van der Waals surface area contributed by atoms with Gasteiger partial charge >= 0.3 is 0 Å². The number of nitrogens with zero attached hydrogens (tertiary/aromatic N) is 1. The number of amides is 1. The van der Waals surface area contributed by atoms with Crippen LogP contribution in [0, 0.1) is 0 Å². The van der Waals surface area contributed by atoms with Crippen molar-refractivity contribution in [3.63, 3.8) is 0 Å². The van der Waals surface area contributed by atoms with Gasteiger partial charge in [0.15, 0.2) is 11.5 Å². The third kappa shape index (κ3) is 3.06. The van der Waals surface area contributed by atoms with Crippen LogP contribution in [0.4, 0.5) is 0 Å². The van der Waals surface area contributed by atoms with Crippen LogP contribution in [0.3, 0.4) is 0 Å². The number of carbonyl (C=O) groups excluding carboxylic acids is 1. The average Bonchev–Trinajstić information content (AvgIpc) is 3.05. The maximum Gasteiger partial charge on any atom is 0.257 e. The Labute approximate surface area is 168 Å². The number of phenols is 1. The second kappa shape index (κ2) is 7.18. The molecule has 0 aromatic heterocycles. The third-order valence-corrected chi connectivity index (χ3v) is 5.89. The second-order valence-electron chi connectivity index (χ2n) is 7.10. The molecule has 1 fully saturated rings. The van der Waals surface area contributed by atoms with Crippen molar-refractivity contribution in [2.24, 2.45) is 0 Å². The predicted octanol–water partition coefficient (Wildman–Crippen LogP) is 3.72. The van der Waals surface area contributed by atoms with Crippen molar-refractivity contribution in [2.75, 3.05) is 27.3 Å². The lowest BCUT2D eigenvalue weighted by Crippen LogP contribution is -2.45. The van der Waals surface area contributed by atoms with Crippen LogP contribution in [0.2, 0.25) is 5.02 Å². The van der Waals surface area contributed by atoms with Crippen LogP contribution in [0.1, 0.15) is 34.3 Å². The van der Waals surface area contributed by atoms with Crippen molar-refractivity contribution >= 4 is 17.5 Å². The molecular weight excluding hydrogens is 382 g/mol. The number of carbonyl (C=O) groups is 1. The molecule has 1 N–H and O–H groups in total. The van der Waals surface area contributed by atoms with Crippen LogP contribution in [0.15, 0.2) is 30.3 Å². The van der Waals surface area contributed by atoms with Crippen molar-refractivity contribution in [1.82, 2.24) is 4.90 Å². The Morgan fingerprint density at radius 3 is 2.50 bits per heavy atom. The Morgan fingerprint density at radius 2 is 1.82 bits per heavy atom. The summed E-state index contributed by atoms with van der Waals surface area (Å²) >= 11 is 6.09. The molecule has 6 nitrogen and oxygen atoms in total. The van der Waals surface area contributed by atoms with Crippen molar-refractivity contribution < 1.29 is 24.1 Å². The van der Waals surface area contributed by atoms with E-state index >= 15 is 0 Å². The number of hydrogen-bond donors (Lipinski definition) is 1. The standard InChI is InChI=1S/C21H22ClNO5/c1-26-18-10-15(17(24)11-19(18)27-2)20(25)23-7-5-21(6-8-23)16-4-3-14(22)9-13(16)12-28-21/h3-4,9-11,24H,5-8,12H2,1-2H3. The molecule has 4 rings (SSSR count). The number of piperidine rings is 1. The van der Waals surface area contributed by atoms with E-state index in [-0.39, 0.29) is 22.8 Å². The highest BCUT2D eigenvalue weighted by Crippen LogP contribution is 2.45. The fraction of sp³-hybridized carbons (Fsp3) is 0.381. The second-order valence-corrected chi connectivity index (χ2v) is 7.54. The van der Waals surface area contributed by atoms with Crippen LogP contribution in [0.25, 0.3) is 0 Å². The Kier molecular flexibility index (Phi) is 4.85. The van der Waals surface area contributed by atoms with Crippen molar-refractivity contribution in [1.29, 1.82) is 0 Å². The quantitative estimate of drug-likeness (QED) is 0.845. The predicted molar refractivity (Wildman–Crippen MR) is 104 cm³/mol. The molecule has 148 valence electrons. The molecule has 1 amide bonds. The minimum absolute atomic E-state index is 0.125. The lowest BCUT2D eigenvalue weighted by Gasteiger charge is -2.39. The minimum atomic E-state index is -0.365. The normalized spacial score (nSPS) is 17.5. The van der Waals surface area contributed by atoms with E-state index in [0.29, 0.717) is 49.1 Å². The molecule has 0 aliphatic carbocycles. The minimum Gasteiger partial charge on any atom is -0.507 e. The summed E-state index contributed by atoms with van der Waals surface area (Å²) in [5.74, 6) is 0.425. The van der Waals surface area contributed by atoms with E-state index < -0.39 is 0 Å². The number of likely N-dealkylation sites (tertiary alicyclic amines) is 1. The van der Waals surface area contributed by atoms with E-state index in [2.05, 4.69) is 0 Å². The zero-order valence-electron chi connectivity index (χ0n) is 15.8. The highest BCUT2D eigenvalue weighted by Gasteiger charge is 2.43. The number of rotatable bonds is 3. The number of methoxy groups -OCH3 is 2. The number of aromatic hydroxyl groups is 1. The van der Waals surface area contributed by atoms with Crippen molar-refractivity contribution in [2.45, 2.75) is 25.0 Å². The number of fused-ring (bicyclic) bond motifs is 2. The molecule has 1 saturated heterocycles. The maximum atomic E-state index is 13.0. The molecule has 28 heavy (non-hydrogen) atoms. The molecule has 2 heterocycles. The van der Waals surface area contributed by atoms with Gasteiger partial charge in [0, 0.05) is 30.2 Å². The van der Waals surface area contributed by atoms with Crippen LogP contribution < -0.4 is 9.47 Å². The summed E-state index contributed by atoms with van der Waals surface area (Å²) in [6.45, 7) is 1.61. The fourth-order valence-corrected chi connectivity index (χ4v) is 4.31. The molecule has 2 aromatic rings. The lowest BCUT2D eigenvalue weighted by molar-refractivity contribution is -0.0741. The highest BCUT2D eigenvalue weighted by molar-refractivity contribution is 6.30. The van der Waals surface area contributed by atoms with Crippen LogP contribution in [-0.4, -0.2) is 43.2 Å². The molecule has 7 heteroatoms. The van der Waals surface area contributed by atoms with Gasteiger partial charge < -0.3 is 24.2 Å². The van der Waals surface area contributed by atoms with Crippen LogP contribution in [0.5, 0.6) is 17.2 Å². The van der Waals surface area contributed by atoms with Crippen molar-refractivity contribution in [3.05, 3.63) is 52.0 Å². The van der Waals surface area contributed by atoms with E-state index in [9.17, 15) is 9.90 Å². The number of benzene rings is 2. The van der Waals surface area contributed by atoms with Gasteiger partial charge in [0.25, 0.3) is 5.91 Å². The van der Waals surface area contributed by atoms with Gasteiger partial charge in [0.2, 0.25) is 0 Å². The van der Waals surface area contributed by atoms with E-state index in [1.54, 1.807) is 4.90 Å². The summed E-state index contributed by atoms with van der Waals surface area (Å²) in [6, 6.07) is 8.78. The van der Waals surface area contributed by atoms with Gasteiger partial charge in [0.1, 0.15) is 5.75 Å². The third-order valence-electron chi connectivity index (χ3n) is 5.65. The summed E-state index contributed by atoms with van der Waals surface area (Å²) < 4.78 is 16.6. The summed E-state index contributed by atoms with van der Waals surface area (Å²) in [5.41, 5.74) is 2.12. The largest absolute Gasteiger partial charge is 0.507 e. The molecule has 2 aromatic carbocycles. The zero-order valence-corrected chi connectivity index (χ0v) is 16.6. The van der Waals surface area contributed by atoms with Gasteiger partial charge in [-0.05, 0) is 36.1 Å². The van der Waals surface area contributed by atoms with Gasteiger partial charge in [-0.1, -0.05) is 17.7 Å². The van der Waals surface area contributed by atoms with E-state index in [1.165, 1.54) is 26.4 Å². The van der Waals surface area contributed by atoms with Crippen LogP contribution in [-0.2, 0) is 16.9 Å². The first-order valence-corrected chi connectivity index (χ1v) is 9.52. The van der Waals surface area contributed by atoms with E-state index in [0.717, 1.165) is 11.1 Å². The number of halogens is 1. The van der Waals surface area contributed by atoms with Crippen LogP contribution >= 0.6 is 11.6 Å². The van der Waals surface area contributed by atoms with E-state index in [1.807, 2.05) is 18.2 Å². The molecule has 0 unspecified atom stereocenters. The molecule has 0 atom stereocenters. The number of ether oxygens (including phenoxy) is 3. The topological polar surface area (TPSA) is 68.2 Å². The molecule has 0 radical (unpaired) electrons. The first kappa shape index (κ1) is 18.9. The Morgan fingerprint density at radius 1 is 1.14 bits per heavy atom. The van der Waals surface area contributed by atoms with Gasteiger partial charge in [-0.15, -0.1) is 0 Å². The average molecular weight is 404 g/mol. The fourth-order valence-electron chi connectivity index (χ4n) is 4.11.